The Morgan fingerprint density at radius 2 is 2.24 bits per heavy atom. The van der Waals surface area contributed by atoms with Gasteiger partial charge in [-0.25, -0.2) is 4.79 Å². The molecule has 0 aliphatic heterocycles. The van der Waals surface area contributed by atoms with Gasteiger partial charge >= 0.3 is 6.03 Å². The lowest BCUT2D eigenvalue weighted by atomic mass is 10.1. The van der Waals surface area contributed by atoms with Crippen LogP contribution >= 0.6 is 0 Å². The van der Waals surface area contributed by atoms with Gasteiger partial charge in [0.1, 0.15) is 0 Å². The van der Waals surface area contributed by atoms with Crippen LogP contribution < -0.4 is 10.6 Å². The molecule has 1 saturated carbocycles. The topological polar surface area (TPSA) is 73.7 Å². The van der Waals surface area contributed by atoms with Crippen molar-refractivity contribution in [3.63, 3.8) is 0 Å². The van der Waals surface area contributed by atoms with Crippen LogP contribution in [0.3, 0.4) is 0 Å². The van der Waals surface area contributed by atoms with Crippen molar-refractivity contribution in [1.29, 1.82) is 0 Å². The lowest BCUT2D eigenvalue weighted by molar-refractivity contribution is 0.251. The number of carbonyl (C=O) groups excluding carboxylic acids is 1. The number of hydrogen-bond acceptors (Lipinski definition) is 3. The summed E-state index contributed by atoms with van der Waals surface area (Å²) >= 11 is 0. The number of nitrogens with zero attached hydrogens (tertiary/aromatic N) is 1. The van der Waals surface area contributed by atoms with Gasteiger partial charge in [0, 0.05) is 17.3 Å². The quantitative estimate of drug-likeness (QED) is 0.425. The molecule has 17 heavy (non-hydrogen) atoms. The van der Waals surface area contributed by atoms with Crippen LogP contribution in [0, 0.1) is 0 Å². The van der Waals surface area contributed by atoms with Gasteiger partial charge in [0.15, 0.2) is 0 Å². The molecule has 0 unspecified atom stereocenters. The molecule has 0 aromatic heterocycles. The molecular formula is C12H15N3O2. The van der Waals surface area contributed by atoms with Crippen molar-refractivity contribution in [2.24, 2.45) is 5.16 Å². The third-order valence-corrected chi connectivity index (χ3v) is 2.60. The molecule has 1 aromatic carbocycles. The van der Waals surface area contributed by atoms with E-state index in [1.54, 1.807) is 25.1 Å². The molecule has 0 radical (unpaired) electrons. The molecule has 0 spiro atoms. The number of nitrogens with one attached hydrogen (secondary N) is 2. The predicted octanol–water partition coefficient (Wildman–Crippen LogP) is 2.17. The van der Waals surface area contributed by atoms with Crippen LogP contribution in [0.2, 0.25) is 0 Å². The van der Waals surface area contributed by atoms with Crippen LogP contribution in [0.25, 0.3) is 0 Å². The van der Waals surface area contributed by atoms with E-state index in [0.29, 0.717) is 17.4 Å². The third kappa shape index (κ3) is 3.21. The first-order valence-electron chi connectivity index (χ1n) is 5.55. The normalized spacial score (nSPS) is 15.5. The van der Waals surface area contributed by atoms with Crippen molar-refractivity contribution in [3.05, 3.63) is 29.8 Å². The van der Waals surface area contributed by atoms with Gasteiger partial charge in [0.2, 0.25) is 0 Å². The minimum Gasteiger partial charge on any atom is -0.411 e. The summed E-state index contributed by atoms with van der Waals surface area (Å²) in [6, 6.07) is 7.32. The van der Waals surface area contributed by atoms with E-state index in [1.165, 1.54) is 0 Å². The van der Waals surface area contributed by atoms with Gasteiger partial charge in [-0.3, -0.25) is 0 Å². The highest BCUT2D eigenvalue weighted by Crippen LogP contribution is 2.19. The number of rotatable bonds is 3. The SMILES string of the molecule is C/C(=N\O)c1cccc(NC(=O)NC2CC2)c1. The average molecular weight is 233 g/mol. The Balaban J connectivity index is 2.02. The van der Waals surface area contributed by atoms with Gasteiger partial charge in [0.05, 0.1) is 5.71 Å². The van der Waals surface area contributed by atoms with Crippen LogP contribution in [0.4, 0.5) is 10.5 Å². The lowest BCUT2D eigenvalue weighted by Crippen LogP contribution is -2.30. The van der Waals surface area contributed by atoms with Gasteiger partial charge in [-0.1, -0.05) is 17.3 Å². The monoisotopic (exact) mass is 233 g/mol. The Labute approximate surface area is 99.5 Å². The first-order chi connectivity index (χ1) is 8.19. The van der Waals surface area contributed by atoms with E-state index in [9.17, 15) is 4.79 Å². The summed E-state index contributed by atoms with van der Waals surface area (Å²) in [5.74, 6) is 0. The van der Waals surface area contributed by atoms with Crippen LogP contribution in [0.1, 0.15) is 25.3 Å². The molecule has 0 saturated heterocycles. The largest absolute Gasteiger partial charge is 0.411 e. The van der Waals surface area contributed by atoms with Crippen LogP contribution in [-0.2, 0) is 0 Å². The Kier molecular flexibility index (Phi) is 3.27. The number of hydrogen-bond donors (Lipinski definition) is 3. The molecule has 1 aromatic rings. The Bertz CT molecular complexity index is 453. The molecule has 2 rings (SSSR count). The number of amides is 2. The summed E-state index contributed by atoms with van der Waals surface area (Å²) in [6.45, 7) is 1.70. The van der Waals surface area contributed by atoms with Crippen molar-refractivity contribution in [2.75, 3.05) is 5.32 Å². The number of urea groups is 1. The van der Waals surface area contributed by atoms with E-state index in [1.807, 2.05) is 6.07 Å². The second kappa shape index (κ2) is 4.86. The molecule has 0 heterocycles. The lowest BCUT2D eigenvalue weighted by Gasteiger charge is -2.07. The molecule has 2 amide bonds. The number of oxime groups is 1. The summed E-state index contributed by atoms with van der Waals surface area (Å²) in [6.07, 6.45) is 2.12. The number of carbonyl (C=O) groups is 1. The summed E-state index contributed by atoms with van der Waals surface area (Å²) < 4.78 is 0. The Morgan fingerprint density at radius 3 is 2.88 bits per heavy atom. The second-order valence-corrected chi connectivity index (χ2v) is 4.14. The highest BCUT2D eigenvalue weighted by atomic mass is 16.4. The molecule has 0 bridgehead atoms. The van der Waals surface area contributed by atoms with E-state index < -0.39 is 0 Å². The first kappa shape index (κ1) is 11.4. The predicted molar refractivity (Wildman–Crippen MR) is 65.6 cm³/mol. The van der Waals surface area contributed by atoms with Crippen LogP contribution in [0.15, 0.2) is 29.4 Å². The minimum absolute atomic E-state index is 0.191. The van der Waals surface area contributed by atoms with Gasteiger partial charge in [-0.05, 0) is 31.9 Å². The maximum atomic E-state index is 11.5. The molecule has 5 nitrogen and oxygen atoms in total. The molecule has 3 N–H and O–H groups in total. The van der Waals surface area contributed by atoms with Crippen molar-refractivity contribution in [2.45, 2.75) is 25.8 Å². The van der Waals surface area contributed by atoms with Gasteiger partial charge < -0.3 is 15.8 Å². The minimum atomic E-state index is -0.191. The average Bonchev–Trinajstić information content (AvgIpc) is 3.12. The van der Waals surface area contributed by atoms with Crippen molar-refractivity contribution >= 4 is 17.4 Å². The maximum absolute atomic E-state index is 11.5. The zero-order valence-electron chi connectivity index (χ0n) is 9.60. The third-order valence-electron chi connectivity index (χ3n) is 2.60. The molecule has 5 heteroatoms. The molecular weight excluding hydrogens is 218 g/mol. The molecule has 90 valence electrons. The zero-order valence-corrected chi connectivity index (χ0v) is 9.60. The van der Waals surface area contributed by atoms with Crippen molar-refractivity contribution in [1.82, 2.24) is 5.32 Å². The van der Waals surface area contributed by atoms with E-state index >= 15 is 0 Å². The smallest absolute Gasteiger partial charge is 0.319 e. The maximum Gasteiger partial charge on any atom is 0.319 e. The highest BCUT2D eigenvalue weighted by Gasteiger charge is 2.23. The fourth-order valence-electron chi connectivity index (χ4n) is 1.46. The summed E-state index contributed by atoms with van der Waals surface area (Å²) in [5, 5.41) is 17.4. The molecule has 1 fully saturated rings. The molecule has 1 aliphatic carbocycles. The van der Waals surface area contributed by atoms with Crippen molar-refractivity contribution < 1.29 is 10.0 Å². The van der Waals surface area contributed by atoms with E-state index in [-0.39, 0.29) is 6.03 Å². The standard InChI is InChI=1S/C12H15N3O2/c1-8(15-17)9-3-2-4-11(7-9)14-12(16)13-10-5-6-10/h2-4,7,10,17H,5-6H2,1H3,(H2,13,14,16)/b15-8+. The van der Waals surface area contributed by atoms with Crippen LogP contribution in [-0.4, -0.2) is 23.0 Å². The fraction of sp³-hybridized carbons (Fsp3) is 0.333. The molecule has 1 aliphatic rings. The van der Waals surface area contributed by atoms with E-state index in [0.717, 1.165) is 18.4 Å². The van der Waals surface area contributed by atoms with Gasteiger partial charge in [-0.15, -0.1) is 0 Å². The van der Waals surface area contributed by atoms with Gasteiger partial charge in [-0.2, -0.15) is 0 Å². The number of anilines is 1. The molecule has 0 atom stereocenters. The summed E-state index contributed by atoms with van der Waals surface area (Å²) in [7, 11) is 0. The fourth-order valence-corrected chi connectivity index (χ4v) is 1.46. The second-order valence-electron chi connectivity index (χ2n) is 4.14. The van der Waals surface area contributed by atoms with Gasteiger partial charge in [0.25, 0.3) is 0 Å². The van der Waals surface area contributed by atoms with E-state index in [2.05, 4.69) is 15.8 Å². The number of benzene rings is 1. The summed E-state index contributed by atoms with van der Waals surface area (Å²) in [5.41, 5.74) is 1.97. The Hall–Kier alpha value is -2.04. The zero-order chi connectivity index (χ0) is 12.3. The van der Waals surface area contributed by atoms with Crippen LogP contribution in [0.5, 0.6) is 0 Å². The first-order valence-corrected chi connectivity index (χ1v) is 5.55. The summed E-state index contributed by atoms with van der Waals surface area (Å²) in [4.78, 5) is 11.5. The van der Waals surface area contributed by atoms with E-state index in [4.69, 9.17) is 5.21 Å². The van der Waals surface area contributed by atoms with Crippen molar-refractivity contribution in [3.8, 4) is 0 Å². The Morgan fingerprint density at radius 1 is 1.47 bits per heavy atom. The highest BCUT2D eigenvalue weighted by molar-refractivity contribution is 6.00.